The molecule has 3 heteroatoms. The summed E-state index contributed by atoms with van der Waals surface area (Å²) in [5.41, 5.74) is 2.33. The van der Waals surface area contributed by atoms with E-state index >= 15 is 0 Å². The van der Waals surface area contributed by atoms with Gasteiger partial charge in [0.15, 0.2) is 0 Å². The van der Waals surface area contributed by atoms with E-state index in [9.17, 15) is 9.00 Å². The molecule has 0 saturated heterocycles. The highest BCUT2D eigenvalue weighted by Crippen LogP contribution is 2.22. The van der Waals surface area contributed by atoms with Crippen LogP contribution in [0.5, 0.6) is 0 Å². The zero-order valence-electron chi connectivity index (χ0n) is 10.1. The Morgan fingerprint density at radius 1 is 1.35 bits per heavy atom. The molecule has 2 nitrogen and oxygen atoms in total. The molecule has 2 atom stereocenters. The number of carbonyl (C=O) groups excluding carboxylic acids is 1. The summed E-state index contributed by atoms with van der Waals surface area (Å²) < 4.78 is 12.2. The van der Waals surface area contributed by atoms with E-state index in [0.29, 0.717) is 18.6 Å². The van der Waals surface area contributed by atoms with Crippen LogP contribution < -0.4 is 0 Å². The second-order valence-electron chi connectivity index (χ2n) is 4.71. The lowest BCUT2D eigenvalue weighted by atomic mass is 9.99. The smallest absolute Gasteiger partial charge is 0.134 e. The van der Waals surface area contributed by atoms with Crippen molar-refractivity contribution < 1.29 is 9.00 Å². The molecule has 0 amide bonds. The van der Waals surface area contributed by atoms with Gasteiger partial charge in [0.05, 0.1) is 0 Å². The predicted octanol–water partition coefficient (Wildman–Crippen LogP) is 2.76. The predicted molar refractivity (Wildman–Crippen MR) is 70.3 cm³/mol. The zero-order chi connectivity index (χ0) is 12.3. The molecule has 1 aromatic carbocycles. The molecule has 0 radical (unpaired) electrons. The summed E-state index contributed by atoms with van der Waals surface area (Å²) in [6.45, 7) is 2.04. The van der Waals surface area contributed by atoms with Crippen LogP contribution in [-0.2, 0) is 21.3 Å². The average molecular weight is 250 g/mol. The van der Waals surface area contributed by atoms with Crippen LogP contribution in [-0.4, -0.2) is 15.2 Å². The number of hydrogen-bond donors (Lipinski definition) is 0. The summed E-state index contributed by atoms with van der Waals surface area (Å²) in [4.78, 5) is 11.4. The molecule has 0 spiro atoms. The van der Waals surface area contributed by atoms with Crippen LogP contribution in [0.25, 0.3) is 0 Å². The van der Waals surface area contributed by atoms with Gasteiger partial charge in [-0.1, -0.05) is 24.3 Å². The Bertz CT molecular complexity index is 440. The van der Waals surface area contributed by atoms with Gasteiger partial charge in [0.2, 0.25) is 0 Å². The third kappa shape index (κ3) is 3.25. The maximum Gasteiger partial charge on any atom is 0.134 e. The van der Waals surface area contributed by atoms with Gasteiger partial charge in [-0.3, -0.25) is 9.00 Å². The van der Waals surface area contributed by atoms with Crippen LogP contribution in [0.2, 0.25) is 0 Å². The van der Waals surface area contributed by atoms with Gasteiger partial charge in [0.1, 0.15) is 5.78 Å². The van der Waals surface area contributed by atoms with Crippen molar-refractivity contribution >= 4 is 16.6 Å². The van der Waals surface area contributed by atoms with Gasteiger partial charge in [-0.05, 0) is 30.9 Å². The quantitative estimate of drug-likeness (QED) is 0.826. The van der Waals surface area contributed by atoms with Gasteiger partial charge in [-0.15, -0.1) is 0 Å². The highest BCUT2D eigenvalue weighted by molar-refractivity contribution is 7.84. The van der Waals surface area contributed by atoms with Gasteiger partial charge >= 0.3 is 0 Å². The Balaban J connectivity index is 2.02. The summed E-state index contributed by atoms with van der Waals surface area (Å²) in [5.74, 6) is 0.865. The highest BCUT2D eigenvalue weighted by Gasteiger charge is 2.24. The first-order chi connectivity index (χ1) is 8.16. The van der Waals surface area contributed by atoms with Gasteiger partial charge in [0.25, 0.3) is 0 Å². The molecular formula is C14H18O2S. The van der Waals surface area contributed by atoms with Crippen LogP contribution in [0.15, 0.2) is 24.3 Å². The average Bonchev–Trinajstić information content (AvgIpc) is 2.32. The van der Waals surface area contributed by atoms with Crippen LogP contribution in [0, 0.1) is 6.92 Å². The highest BCUT2D eigenvalue weighted by atomic mass is 32.2. The Morgan fingerprint density at radius 3 is 2.82 bits per heavy atom. The van der Waals surface area contributed by atoms with E-state index in [-0.39, 0.29) is 11.0 Å². The standard InChI is InChI=1S/C14H18O2S/c1-11-5-2-3-6-12(11)10-17(16)14-8-4-7-13(15)9-14/h2-3,5-6,14H,4,7-10H2,1H3. The van der Waals surface area contributed by atoms with E-state index in [1.807, 2.05) is 31.2 Å². The number of Topliss-reactive ketones (excluding diaryl/α,β-unsaturated/α-hetero) is 1. The summed E-state index contributed by atoms with van der Waals surface area (Å²) in [6, 6.07) is 8.04. The normalized spacial score (nSPS) is 22.4. The van der Waals surface area contributed by atoms with Gasteiger partial charge < -0.3 is 0 Å². The third-order valence-corrected chi connectivity index (χ3v) is 5.11. The molecule has 1 aliphatic carbocycles. The summed E-state index contributed by atoms with van der Waals surface area (Å²) in [7, 11) is -0.909. The van der Waals surface area contributed by atoms with Crippen molar-refractivity contribution in [1.82, 2.24) is 0 Å². The molecular weight excluding hydrogens is 232 g/mol. The monoisotopic (exact) mass is 250 g/mol. The minimum absolute atomic E-state index is 0.0795. The Morgan fingerprint density at radius 2 is 2.12 bits per heavy atom. The van der Waals surface area contributed by atoms with Crippen molar-refractivity contribution in [1.29, 1.82) is 0 Å². The minimum Gasteiger partial charge on any atom is -0.300 e. The Hall–Kier alpha value is -0.960. The van der Waals surface area contributed by atoms with Crippen LogP contribution in [0.4, 0.5) is 0 Å². The molecule has 2 unspecified atom stereocenters. The summed E-state index contributed by atoms with van der Waals surface area (Å²) in [5, 5.41) is 0.0795. The molecule has 92 valence electrons. The lowest BCUT2D eigenvalue weighted by Gasteiger charge is -2.20. The largest absolute Gasteiger partial charge is 0.300 e. The first kappa shape index (κ1) is 12.5. The number of ketones is 1. The summed E-state index contributed by atoms with van der Waals surface area (Å²) >= 11 is 0. The minimum atomic E-state index is -0.909. The second kappa shape index (κ2) is 5.58. The van der Waals surface area contributed by atoms with Crippen molar-refractivity contribution in [2.45, 2.75) is 43.6 Å². The number of carbonyl (C=O) groups is 1. The van der Waals surface area contributed by atoms with Crippen LogP contribution in [0.3, 0.4) is 0 Å². The first-order valence-corrected chi connectivity index (χ1v) is 7.48. The molecule has 0 aromatic heterocycles. The van der Waals surface area contributed by atoms with Crippen molar-refractivity contribution in [3.05, 3.63) is 35.4 Å². The van der Waals surface area contributed by atoms with Crippen LogP contribution >= 0.6 is 0 Å². The van der Waals surface area contributed by atoms with E-state index in [2.05, 4.69) is 0 Å². The SMILES string of the molecule is Cc1ccccc1CS(=O)C1CCCC(=O)C1. The topological polar surface area (TPSA) is 34.1 Å². The lowest BCUT2D eigenvalue weighted by molar-refractivity contribution is -0.120. The third-order valence-electron chi connectivity index (χ3n) is 3.37. The fourth-order valence-corrected chi connectivity index (χ4v) is 3.92. The summed E-state index contributed by atoms with van der Waals surface area (Å²) in [6.07, 6.45) is 3.03. The van der Waals surface area contributed by atoms with E-state index < -0.39 is 10.8 Å². The molecule has 0 aliphatic heterocycles. The first-order valence-electron chi connectivity index (χ1n) is 6.10. The maximum absolute atomic E-state index is 12.2. The molecule has 1 saturated carbocycles. The lowest BCUT2D eigenvalue weighted by Crippen LogP contribution is -2.25. The van der Waals surface area contributed by atoms with Crippen molar-refractivity contribution in [3.63, 3.8) is 0 Å². The molecule has 0 bridgehead atoms. The van der Waals surface area contributed by atoms with Crippen molar-refractivity contribution in [2.24, 2.45) is 0 Å². The number of rotatable bonds is 3. The van der Waals surface area contributed by atoms with E-state index in [1.165, 1.54) is 5.56 Å². The molecule has 2 rings (SSSR count). The van der Waals surface area contributed by atoms with Gasteiger partial charge in [0, 0.05) is 34.6 Å². The van der Waals surface area contributed by atoms with Gasteiger partial charge in [-0.25, -0.2) is 0 Å². The molecule has 0 N–H and O–H groups in total. The molecule has 1 aromatic rings. The van der Waals surface area contributed by atoms with E-state index in [1.54, 1.807) is 0 Å². The molecule has 1 fully saturated rings. The fraction of sp³-hybridized carbons (Fsp3) is 0.500. The number of hydrogen-bond acceptors (Lipinski definition) is 2. The maximum atomic E-state index is 12.2. The molecule has 1 aliphatic rings. The number of benzene rings is 1. The van der Waals surface area contributed by atoms with Gasteiger partial charge in [-0.2, -0.15) is 0 Å². The molecule has 17 heavy (non-hydrogen) atoms. The number of aryl methyl sites for hydroxylation is 1. The van der Waals surface area contributed by atoms with Crippen molar-refractivity contribution in [3.8, 4) is 0 Å². The second-order valence-corrected chi connectivity index (χ2v) is 6.43. The van der Waals surface area contributed by atoms with E-state index in [4.69, 9.17) is 0 Å². The van der Waals surface area contributed by atoms with E-state index in [0.717, 1.165) is 18.4 Å². The fourth-order valence-electron chi connectivity index (χ4n) is 2.25. The molecule has 0 heterocycles. The zero-order valence-corrected chi connectivity index (χ0v) is 11.0. The van der Waals surface area contributed by atoms with Crippen molar-refractivity contribution in [2.75, 3.05) is 0 Å². The van der Waals surface area contributed by atoms with Crippen LogP contribution in [0.1, 0.15) is 36.8 Å². The Kier molecular flexibility index (Phi) is 4.11. The Labute approximate surface area is 105 Å².